The zero-order valence-electron chi connectivity index (χ0n) is 14.6. The first-order valence-electron chi connectivity index (χ1n) is 8.78. The maximum Gasteiger partial charge on any atom is 0.325 e. The molecule has 25 heavy (non-hydrogen) atoms. The molecule has 2 aliphatic rings. The van der Waals surface area contributed by atoms with Gasteiger partial charge >= 0.3 is 6.03 Å². The number of nitrogens with one attached hydrogen (secondary N) is 2. The van der Waals surface area contributed by atoms with Crippen LogP contribution in [-0.4, -0.2) is 39.8 Å². The highest BCUT2D eigenvalue weighted by molar-refractivity contribution is 6.09. The molecule has 1 spiro atoms. The van der Waals surface area contributed by atoms with E-state index in [1.807, 2.05) is 26.0 Å². The number of amides is 4. The van der Waals surface area contributed by atoms with Crippen molar-refractivity contribution >= 4 is 17.8 Å². The minimum absolute atomic E-state index is 0.0817. The third-order valence-corrected chi connectivity index (χ3v) is 5.31. The molecule has 3 rings (SSSR count). The smallest absolute Gasteiger partial charge is 0.325 e. The van der Waals surface area contributed by atoms with Crippen LogP contribution in [0.2, 0.25) is 0 Å². The quantitative estimate of drug-likeness (QED) is 0.814. The molecule has 7 nitrogen and oxygen atoms in total. The Kier molecular flexibility index (Phi) is 4.74. The molecule has 2 heterocycles. The van der Waals surface area contributed by atoms with Crippen LogP contribution in [0.4, 0.5) is 4.79 Å². The van der Waals surface area contributed by atoms with Crippen molar-refractivity contribution in [3.05, 3.63) is 30.1 Å². The molecule has 3 atom stereocenters. The molecule has 7 heteroatoms. The number of pyridine rings is 1. The Morgan fingerprint density at radius 2 is 2.24 bits per heavy atom. The molecule has 1 saturated heterocycles. The minimum atomic E-state index is -0.831. The van der Waals surface area contributed by atoms with E-state index in [0.29, 0.717) is 6.42 Å². The minimum Gasteiger partial charge on any atom is -0.346 e. The second-order valence-electron chi connectivity index (χ2n) is 6.98. The molecule has 3 unspecified atom stereocenters. The average Bonchev–Trinajstić information content (AvgIpc) is 2.83. The van der Waals surface area contributed by atoms with Gasteiger partial charge in [-0.3, -0.25) is 19.5 Å². The van der Waals surface area contributed by atoms with E-state index in [9.17, 15) is 14.4 Å². The molecule has 1 aliphatic heterocycles. The van der Waals surface area contributed by atoms with Gasteiger partial charge in [0.2, 0.25) is 5.91 Å². The van der Waals surface area contributed by atoms with Gasteiger partial charge < -0.3 is 10.6 Å². The van der Waals surface area contributed by atoms with Gasteiger partial charge in [-0.15, -0.1) is 0 Å². The molecule has 1 aromatic rings. The molecule has 4 amide bonds. The van der Waals surface area contributed by atoms with Crippen molar-refractivity contribution in [1.82, 2.24) is 20.5 Å². The molecular formula is C18H24N4O3. The number of carbonyl (C=O) groups is 3. The second-order valence-corrected chi connectivity index (χ2v) is 6.98. The lowest BCUT2D eigenvalue weighted by Gasteiger charge is -2.36. The van der Waals surface area contributed by atoms with Crippen molar-refractivity contribution < 1.29 is 14.4 Å². The number of imide groups is 1. The third kappa shape index (κ3) is 3.23. The lowest BCUT2D eigenvalue weighted by Crippen LogP contribution is -2.54. The van der Waals surface area contributed by atoms with E-state index >= 15 is 0 Å². The Hall–Kier alpha value is -2.44. The number of rotatable bonds is 4. The average molecular weight is 344 g/mol. The highest BCUT2D eigenvalue weighted by Gasteiger charge is 2.55. The molecule has 2 fully saturated rings. The van der Waals surface area contributed by atoms with Gasteiger partial charge in [0.25, 0.3) is 5.91 Å². The van der Waals surface area contributed by atoms with Crippen LogP contribution in [0.15, 0.2) is 24.4 Å². The maximum atomic E-state index is 12.8. The number of aromatic nitrogens is 1. The van der Waals surface area contributed by atoms with E-state index in [0.717, 1.165) is 29.9 Å². The summed E-state index contributed by atoms with van der Waals surface area (Å²) in [7, 11) is 0. The first-order valence-corrected chi connectivity index (χ1v) is 8.78. The van der Waals surface area contributed by atoms with Crippen LogP contribution < -0.4 is 10.6 Å². The van der Waals surface area contributed by atoms with Gasteiger partial charge in [-0.25, -0.2) is 4.79 Å². The molecule has 2 N–H and O–H groups in total. The van der Waals surface area contributed by atoms with E-state index in [2.05, 4.69) is 15.6 Å². The summed E-state index contributed by atoms with van der Waals surface area (Å²) >= 11 is 0. The van der Waals surface area contributed by atoms with E-state index in [4.69, 9.17) is 0 Å². The van der Waals surface area contributed by atoms with Gasteiger partial charge in [0, 0.05) is 6.20 Å². The fraction of sp³-hybridized carbons (Fsp3) is 0.556. The van der Waals surface area contributed by atoms with Crippen LogP contribution in [0, 0.1) is 5.92 Å². The van der Waals surface area contributed by atoms with Crippen molar-refractivity contribution in [2.24, 2.45) is 5.92 Å². The summed E-state index contributed by atoms with van der Waals surface area (Å²) in [5.41, 5.74) is -0.104. The maximum absolute atomic E-state index is 12.8. The summed E-state index contributed by atoms with van der Waals surface area (Å²) < 4.78 is 0. The Bertz CT molecular complexity index is 678. The highest BCUT2D eigenvalue weighted by atomic mass is 16.2. The Balaban J connectivity index is 1.65. The monoisotopic (exact) mass is 344 g/mol. The van der Waals surface area contributed by atoms with Gasteiger partial charge in [-0.05, 0) is 37.8 Å². The number of hydrogen-bond acceptors (Lipinski definition) is 4. The third-order valence-electron chi connectivity index (χ3n) is 5.31. The number of urea groups is 1. The van der Waals surface area contributed by atoms with Crippen molar-refractivity contribution in [3.8, 4) is 0 Å². The number of hydrogen-bond donors (Lipinski definition) is 2. The highest BCUT2D eigenvalue weighted by Crippen LogP contribution is 2.38. The van der Waals surface area contributed by atoms with E-state index in [1.165, 1.54) is 0 Å². The van der Waals surface area contributed by atoms with E-state index < -0.39 is 11.6 Å². The molecule has 0 aromatic carbocycles. The van der Waals surface area contributed by atoms with Crippen LogP contribution in [0.1, 0.15) is 51.3 Å². The zero-order chi connectivity index (χ0) is 18.0. The predicted molar refractivity (Wildman–Crippen MR) is 91.4 cm³/mol. The van der Waals surface area contributed by atoms with Gasteiger partial charge in [0.15, 0.2) is 0 Å². The molecule has 1 aliphatic carbocycles. The lowest BCUT2D eigenvalue weighted by atomic mass is 9.73. The molecule has 1 aromatic heterocycles. The summed E-state index contributed by atoms with van der Waals surface area (Å²) in [5, 5.41) is 5.65. The van der Waals surface area contributed by atoms with Gasteiger partial charge in [-0.1, -0.05) is 25.8 Å². The topological polar surface area (TPSA) is 91.4 Å². The predicted octanol–water partition coefficient (Wildman–Crippen LogP) is 1.76. The number of carbonyl (C=O) groups excluding carboxylic acids is 3. The van der Waals surface area contributed by atoms with Gasteiger partial charge in [0.05, 0.1) is 11.7 Å². The number of nitrogens with zero attached hydrogens (tertiary/aromatic N) is 2. The van der Waals surface area contributed by atoms with Crippen LogP contribution in [0.3, 0.4) is 0 Å². The van der Waals surface area contributed by atoms with Crippen molar-refractivity contribution in [2.45, 2.75) is 51.1 Å². The van der Waals surface area contributed by atoms with Gasteiger partial charge in [0.1, 0.15) is 12.1 Å². The summed E-state index contributed by atoms with van der Waals surface area (Å²) in [6, 6.07) is 4.70. The molecular weight excluding hydrogens is 320 g/mol. The summed E-state index contributed by atoms with van der Waals surface area (Å²) in [6.07, 6.45) is 5.18. The Labute approximate surface area is 147 Å². The fourth-order valence-electron chi connectivity index (χ4n) is 3.78. The fourth-order valence-corrected chi connectivity index (χ4v) is 3.78. The van der Waals surface area contributed by atoms with Crippen molar-refractivity contribution in [3.63, 3.8) is 0 Å². The van der Waals surface area contributed by atoms with Crippen molar-refractivity contribution in [2.75, 3.05) is 6.54 Å². The normalized spacial score (nSPS) is 27.3. The standard InChI is InChI=1S/C18H24N4O3/c1-12-7-3-5-9-18(12)16(24)22(17(25)21-18)11-15(23)20-13(2)14-8-4-6-10-19-14/h4,6,8,10,12-13H,3,5,7,9,11H2,1-2H3,(H,20,23)(H,21,25). The van der Waals surface area contributed by atoms with Crippen molar-refractivity contribution in [1.29, 1.82) is 0 Å². The Morgan fingerprint density at radius 3 is 2.92 bits per heavy atom. The van der Waals surface area contributed by atoms with Gasteiger partial charge in [-0.2, -0.15) is 0 Å². The summed E-state index contributed by atoms with van der Waals surface area (Å²) in [4.78, 5) is 42.7. The molecule has 0 bridgehead atoms. The summed E-state index contributed by atoms with van der Waals surface area (Å²) in [5.74, 6) is -0.564. The second kappa shape index (κ2) is 6.82. The molecule has 134 valence electrons. The van der Waals surface area contributed by atoms with Crippen LogP contribution in [0.5, 0.6) is 0 Å². The Morgan fingerprint density at radius 1 is 1.44 bits per heavy atom. The molecule has 0 radical (unpaired) electrons. The van der Waals surface area contributed by atoms with Crippen LogP contribution in [0.25, 0.3) is 0 Å². The first kappa shape index (κ1) is 17.4. The lowest BCUT2D eigenvalue weighted by molar-refractivity contribution is -0.137. The van der Waals surface area contributed by atoms with Crippen LogP contribution >= 0.6 is 0 Å². The van der Waals surface area contributed by atoms with E-state index in [1.54, 1.807) is 12.3 Å². The summed E-state index contributed by atoms with van der Waals surface area (Å²) in [6.45, 7) is 3.54. The molecule has 1 saturated carbocycles. The van der Waals surface area contributed by atoms with E-state index in [-0.39, 0.29) is 30.3 Å². The first-order chi connectivity index (χ1) is 11.9. The van der Waals surface area contributed by atoms with Crippen LogP contribution in [-0.2, 0) is 9.59 Å². The SMILES string of the molecule is CC(NC(=O)CN1C(=O)NC2(CCCCC2C)C1=O)c1ccccn1. The zero-order valence-corrected chi connectivity index (χ0v) is 14.6. The largest absolute Gasteiger partial charge is 0.346 e.